The van der Waals surface area contributed by atoms with Crippen molar-refractivity contribution in [2.24, 2.45) is 0 Å². The predicted octanol–water partition coefficient (Wildman–Crippen LogP) is 4.13. The summed E-state index contributed by atoms with van der Waals surface area (Å²) in [5.74, 6) is 0.00272. The van der Waals surface area contributed by atoms with Crippen molar-refractivity contribution in [3.63, 3.8) is 0 Å². The smallest absolute Gasteiger partial charge is 0.407 e. The summed E-state index contributed by atoms with van der Waals surface area (Å²) in [4.78, 5) is 24.4. The van der Waals surface area contributed by atoms with Crippen LogP contribution in [0.25, 0.3) is 0 Å². The van der Waals surface area contributed by atoms with Gasteiger partial charge in [0.05, 0.1) is 5.54 Å². The maximum absolute atomic E-state index is 12.5. The second-order valence-corrected chi connectivity index (χ2v) is 7.82. The van der Waals surface area contributed by atoms with Crippen molar-refractivity contribution in [1.82, 2.24) is 10.6 Å². The molecular formula is C21H34N2O3. The number of carbonyl (C=O) groups excluding carboxylic acids is 2. The predicted molar refractivity (Wildman–Crippen MR) is 105 cm³/mol. The van der Waals surface area contributed by atoms with E-state index in [1.54, 1.807) is 0 Å². The summed E-state index contributed by atoms with van der Waals surface area (Å²) in [7, 11) is 0. The highest BCUT2D eigenvalue weighted by Crippen LogP contribution is 2.16. The number of hydrogen-bond acceptors (Lipinski definition) is 3. The largest absolute Gasteiger partial charge is 0.444 e. The molecular weight excluding hydrogens is 328 g/mol. The summed E-state index contributed by atoms with van der Waals surface area (Å²) in [6.07, 6.45) is 2.14. The van der Waals surface area contributed by atoms with Crippen molar-refractivity contribution < 1.29 is 14.3 Å². The maximum Gasteiger partial charge on any atom is 0.407 e. The van der Waals surface area contributed by atoms with Crippen LogP contribution < -0.4 is 10.6 Å². The van der Waals surface area contributed by atoms with Crippen LogP contribution >= 0.6 is 0 Å². The van der Waals surface area contributed by atoms with Crippen molar-refractivity contribution in [3.8, 4) is 0 Å². The minimum absolute atomic E-state index is 0.00272. The Labute approximate surface area is 157 Å². The highest BCUT2D eigenvalue weighted by Gasteiger charge is 2.29. The molecule has 0 saturated heterocycles. The maximum atomic E-state index is 12.5. The van der Waals surface area contributed by atoms with Gasteiger partial charge in [0.15, 0.2) is 0 Å². The van der Waals surface area contributed by atoms with Crippen LogP contribution in [0.5, 0.6) is 0 Å². The third kappa shape index (κ3) is 7.46. The third-order valence-electron chi connectivity index (χ3n) is 4.61. The summed E-state index contributed by atoms with van der Waals surface area (Å²) < 4.78 is 5.28. The van der Waals surface area contributed by atoms with Gasteiger partial charge in [0.1, 0.15) is 5.60 Å². The van der Waals surface area contributed by atoms with Crippen molar-refractivity contribution in [1.29, 1.82) is 0 Å². The summed E-state index contributed by atoms with van der Waals surface area (Å²) >= 11 is 0. The quantitative estimate of drug-likeness (QED) is 0.731. The molecule has 0 spiro atoms. The molecule has 0 saturated carbocycles. The average Bonchev–Trinajstić information content (AvgIpc) is 2.56. The van der Waals surface area contributed by atoms with Crippen LogP contribution in [-0.2, 0) is 16.0 Å². The van der Waals surface area contributed by atoms with Crippen LogP contribution in [0.15, 0.2) is 24.3 Å². The molecule has 0 atom stereocenters. The van der Waals surface area contributed by atoms with E-state index in [4.69, 9.17) is 4.74 Å². The SMILES string of the molecule is CCC(CC)(CNC(=O)OC(C)(C)C)NC(=O)CCc1ccccc1C. The molecule has 0 bridgehead atoms. The fraction of sp³-hybridized carbons (Fsp3) is 0.619. The van der Waals surface area contributed by atoms with E-state index in [0.29, 0.717) is 19.4 Å². The topological polar surface area (TPSA) is 67.4 Å². The second kappa shape index (κ2) is 9.60. The van der Waals surface area contributed by atoms with Crippen molar-refractivity contribution in [2.75, 3.05) is 6.54 Å². The molecule has 0 heterocycles. The Morgan fingerprint density at radius 2 is 1.69 bits per heavy atom. The molecule has 1 rings (SSSR count). The lowest BCUT2D eigenvalue weighted by molar-refractivity contribution is -0.123. The Hall–Kier alpha value is -2.04. The number of amides is 2. The van der Waals surface area contributed by atoms with E-state index in [1.165, 1.54) is 11.1 Å². The molecule has 0 radical (unpaired) electrons. The lowest BCUT2D eigenvalue weighted by Gasteiger charge is -2.33. The molecule has 0 aromatic heterocycles. The van der Waals surface area contributed by atoms with E-state index < -0.39 is 17.2 Å². The van der Waals surface area contributed by atoms with E-state index in [0.717, 1.165) is 12.8 Å². The van der Waals surface area contributed by atoms with Gasteiger partial charge in [-0.2, -0.15) is 0 Å². The first-order chi connectivity index (χ1) is 12.1. The van der Waals surface area contributed by atoms with E-state index in [2.05, 4.69) is 29.7 Å². The first-order valence-electron chi connectivity index (χ1n) is 9.43. The zero-order valence-corrected chi connectivity index (χ0v) is 17.1. The van der Waals surface area contributed by atoms with E-state index >= 15 is 0 Å². The van der Waals surface area contributed by atoms with Gasteiger partial charge in [0, 0.05) is 13.0 Å². The Morgan fingerprint density at radius 1 is 1.08 bits per heavy atom. The average molecular weight is 363 g/mol. The zero-order valence-electron chi connectivity index (χ0n) is 17.1. The molecule has 1 aromatic carbocycles. The number of nitrogens with one attached hydrogen (secondary N) is 2. The third-order valence-corrected chi connectivity index (χ3v) is 4.61. The number of ether oxygens (including phenoxy) is 1. The Morgan fingerprint density at radius 3 is 2.23 bits per heavy atom. The Kier molecular flexibility index (Phi) is 8.12. The van der Waals surface area contributed by atoms with Gasteiger partial charge >= 0.3 is 6.09 Å². The van der Waals surface area contributed by atoms with E-state index in [1.807, 2.05) is 46.8 Å². The minimum Gasteiger partial charge on any atom is -0.444 e. The molecule has 2 amide bonds. The number of rotatable bonds is 8. The molecule has 0 aliphatic carbocycles. The van der Waals surface area contributed by atoms with Gasteiger partial charge in [0.2, 0.25) is 5.91 Å². The number of hydrogen-bond donors (Lipinski definition) is 2. The van der Waals surface area contributed by atoms with Crippen LogP contribution in [0.1, 0.15) is 65.0 Å². The molecule has 2 N–H and O–H groups in total. The standard InChI is InChI=1S/C21H34N2O3/c1-7-21(8-2,15-22-19(25)26-20(4,5)6)23-18(24)14-13-17-12-10-9-11-16(17)3/h9-12H,7-8,13-15H2,1-6H3,(H,22,25)(H,23,24). The molecule has 26 heavy (non-hydrogen) atoms. The van der Waals surface area contributed by atoms with Gasteiger partial charge in [-0.1, -0.05) is 38.1 Å². The molecule has 5 nitrogen and oxygen atoms in total. The van der Waals surface area contributed by atoms with Crippen LogP contribution in [0, 0.1) is 6.92 Å². The summed E-state index contributed by atoms with van der Waals surface area (Å²) in [6.45, 7) is 11.9. The van der Waals surface area contributed by atoms with Gasteiger partial charge in [-0.05, 0) is 58.1 Å². The highest BCUT2D eigenvalue weighted by atomic mass is 16.6. The summed E-state index contributed by atoms with van der Waals surface area (Å²) in [5, 5.41) is 5.92. The van der Waals surface area contributed by atoms with E-state index in [9.17, 15) is 9.59 Å². The molecule has 5 heteroatoms. The molecule has 146 valence electrons. The summed E-state index contributed by atoms with van der Waals surface area (Å²) in [6, 6.07) is 8.10. The molecule has 0 aliphatic heterocycles. The van der Waals surface area contributed by atoms with Crippen LogP contribution in [0.4, 0.5) is 4.79 Å². The van der Waals surface area contributed by atoms with Crippen molar-refractivity contribution in [3.05, 3.63) is 35.4 Å². The zero-order chi connectivity index (χ0) is 19.8. The fourth-order valence-corrected chi connectivity index (χ4v) is 2.77. The van der Waals surface area contributed by atoms with Crippen molar-refractivity contribution in [2.45, 2.75) is 78.4 Å². The first-order valence-corrected chi connectivity index (χ1v) is 9.43. The minimum atomic E-state index is -0.540. The summed E-state index contributed by atoms with van der Waals surface area (Å²) in [5.41, 5.74) is 1.39. The monoisotopic (exact) mass is 362 g/mol. The Balaban J connectivity index is 2.60. The molecule has 1 aromatic rings. The number of carbonyl (C=O) groups is 2. The molecule has 0 fully saturated rings. The van der Waals surface area contributed by atoms with Gasteiger partial charge in [0.25, 0.3) is 0 Å². The van der Waals surface area contributed by atoms with Crippen LogP contribution in [-0.4, -0.2) is 29.7 Å². The lowest BCUT2D eigenvalue weighted by Crippen LogP contribution is -2.55. The molecule has 0 aliphatic rings. The number of alkyl carbamates (subject to hydrolysis) is 1. The van der Waals surface area contributed by atoms with Gasteiger partial charge in [-0.3, -0.25) is 4.79 Å². The lowest BCUT2D eigenvalue weighted by atomic mass is 9.92. The number of aryl methyl sites for hydroxylation is 2. The fourth-order valence-electron chi connectivity index (χ4n) is 2.77. The van der Waals surface area contributed by atoms with Crippen molar-refractivity contribution >= 4 is 12.0 Å². The van der Waals surface area contributed by atoms with E-state index in [-0.39, 0.29) is 5.91 Å². The Bertz CT molecular complexity index is 602. The van der Waals surface area contributed by atoms with Crippen LogP contribution in [0.3, 0.4) is 0 Å². The van der Waals surface area contributed by atoms with Gasteiger partial charge < -0.3 is 15.4 Å². The normalized spacial score (nSPS) is 11.8. The van der Waals surface area contributed by atoms with Crippen LogP contribution in [0.2, 0.25) is 0 Å². The van der Waals surface area contributed by atoms with Gasteiger partial charge in [-0.15, -0.1) is 0 Å². The van der Waals surface area contributed by atoms with Gasteiger partial charge in [-0.25, -0.2) is 4.79 Å². The second-order valence-electron chi connectivity index (χ2n) is 7.82. The number of benzene rings is 1. The first kappa shape index (κ1) is 22.0. The highest BCUT2D eigenvalue weighted by molar-refractivity contribution is 5.77. The molecule has 0 unspecified atom stereocenters.